The Bertz CT molecular complexity index is 294. The lowest BCUT2D eigenvalue weighted by Gasteiger charge is -2.26. The molecule has 2 N–H and O–H groups in total. The smallest absolute Gasteiger partial charge is 0.317 e. The minimum Gasteiger partial charge on any atom is -0.481 e. The van der Waals surface area contributed by atoms with Gasteiger partial charge in [0.05, 0.1) is 6.42 Å². The quantitative estimate of drug-likeness (QED) is 0.690. The molecular formula is C10H20N2O4S. The van der Waals surface area contributed by atoms with E-state index in [4.69, 9.17) is 5.11 Å². The highest BCUT2D eigenvalue weighted by Crippen LogP contribution is 2.00. The summed E-state index contributed by atoms with van der Waals surface area (Å²) in [7, 11) is -0.944. The molecule has 0 bridgehead atoms. The van der Waals surface area contributed by atoms with Crippen LogP contribution in [-0.2, 0) is 15.6 Å². The number of rotatable bonds is 7. The van der Waals surface area contributed by atoms with Crippen LogP contribution < -0.4 is 5.32 Å². The average Bonchev–Trinajstić information content (AvgIpc) is 2.16. The van der Waals surface area contributed by atoms with Crippen molar-refractivity contribution in [2.75, 3.05) is 25.1 Å². The lowest BCUT2D eigenvalue weighted by Crippen LogP contribution is -2.45. The third-order valence-corrected chi connectivity index (χ3v) is 2.90. The molecule has 0 aromatic carbocycles. The van der Waals surface area contributed by atoms with Gasteiger partial charge in [0.25, 0.3) is 0 Å². The molecule has 0 aromatic heterocycles. The summed E-state index contributed by atoms with van der Waals surface area (Å²) in [5.74, 6) is -0.533. The molecule has 1 unspecified atom stereocenters. The van der Waals surface area contributed by atoms with Crippen LogP contribution in [-0.4, -0.2) is 57.4 Å². The molecule has 0 rings (SSSR count). The van der Waals surface area contributed by atoms with Crippen molar-refractivity contribution in [3.05, 3.63) is 0 Å². The van der Waals surface area contributed by atoms with Crippen LogP contribution in [0, 0.1) is 0 Å². The molecular weight excluding hydrogens is 244 g/mol. The fraction of sp³-hybridized carbons (Fsp3) is 0.800. The van der Waals surface area contributed by atoms with E-state index < -0.39 is 16.8 Å². The van der Waals surface area contributed by atoms with Crippen molar-refractivity contribution in [1.29, 1.82) is 0 Å². The molecule has 0 saturated heterocycles. The molecule has 0 spiro atoms. The number of carboxylic acid groups (broad SMARTS) is 1. The van der Waals surface area contributed by atoms with Gasteiger partial charge in [0.1, 0.15) is 0 Å². The number of carbonyl (C=O) groups is 2. The van der Waals surface area contributed by atoms with E-state index in [1.807, 2.05) is 13.8 Å². The Labute approximate surface area is 104 Å². The number of carbonyl (C=O) groups excluding carboxylic acids is 1. The summed E-state index contributed by atoms with van der Waals surface area (Å²) in [5, 5.41) is 11.2. The van der Waals surface area contributed by atoms with Crippen LogP contribution in [0.5, 0.6) is 0 Å². The molecule has 1 atom stereocenters. The van der Waals surface area contributed by atoms with Gasteiger partial charge in [-0.05, 0) is 13.8 Å². The van der Waals surface area contributed by atoms with E-state index >= 15 is 0 Å². The molecule has 100 valence electrons. The summed E-state index contributed by atoms with van der Waals surface area (Å²) in [6, 6.07) is -0.381. The van der Waals surface area contributed by atoms with Gasteiger partial charge >= 0.3 is 12.0 Å². The van der Waals surface area contributed by atoms with Gasteiger partial charge in [-0.15, -0.1) is 0 Å². The van der Waals surface area contributed by atoms with Crippen LogP contribution in [0.2, 0.25) is 0 Å². The van der Waals surface area contributed by atoms with Crippen molar-refractivity contribution >= 4 is 22.8 Å². The first kappa shape index (κ1) is 15.9. The molecule has 7 heteroatoms. The molecule has 0 saturated carbocycles. The zero-order chi connectivity index (χ0) is 13.4. The lowest BCUT2D eigenvalue weighted by atomic mass is 10.3. The number of nitrogens with one attached hydrogen (secondary N) is 1. The van der Waals surface area contributed by atoms with E-state index in [1.165, 1.54) is 4.90 Å². The number of amides is 2. The molecule has 0 fully saturated rings. The summed E-state index contributed by atoms with van der Waals surface area (Å²) in [5.41, 5.74) is 0. The number of urea groups is 1. The highest BCUT2D eigenvalue weighted by molar-refractivity contribution is 7.84. The van der Waals surface area contributed by atoms with E-state index in [2.05, 4.69) is 5.32 Å². The maximum absolute atomic E-state index is 11.7. The maximum Gasteiger partial charge on any atom is 0.317 e. The maximum atomic E-state index is 11.7. The zero-order valence-corrected chi connectivity index (χ0v) is 11.2. The Hall–Kier alpha value is -1.11. The highest BCUT2D eigenvalue weighted by Gasteiger charge is 2.17. The molecule has 6 nitrogen and oxygen atoms in total. The SMILES string of the molecule is CC(C)N(CCC(=O)O)C(=O)NCCS(C)=O. The molecule has 0 radical (unpaired) electrons. The number of hydrogen-bond donors (Lipinski definition) is 2. The van der Waals surface area contributed by atoms with Crippen molar-refractivity contribution in [2.45, 2.75) is 26.3 Å². The Morgan fingerprint density at radius 3 is 2.41 bits per heavy atom. The second-order valence-corrected chi connectivity index (χ2v) is 5.49. The van der Waals surface area contributed by atoms with Crippen LogP contribution in [0.4, 0.5) is 4.79 Å². The minimum absolute atomic E-state index is 0.0681. The third-order valence-electron chi connectivity index (χ3n) is 2.12. The summed E-state index contributed by atoms with van der Waals surface area (Å²) < 4.78 is 10.8. The van der Waals surface area contributed by atoms with Crippen molar-refractivity contribution < 1.29 is 18.9 Å². The molecule has 0 aliphatic heterocycles. The van der Waals surface area contributed by atoms with Gasteiger partial charge in [0.15, 0.2) is 0 Å². The highest BCUT2D eigenvalue weighted by atomic mass is 32.2. The van der Waals surface area contributed by atoms with Crippen molar-refractivity contribution in [1.82, 2.24) is 10.2 Å². The van der Waals surface area contributed by atoms with Crippen molar-refractivity contribution in [3.8, 4) is 0 Å². The third kappa shape index (κ3) is 7.73. The standard InChI is InChI=1S/C10H20N2O4S/c1-8(2)12(6-4-9(13)14)10(15)11-5-7-17(3)16/h8H,4-7H2,1-3H3,(H,11,15)(H,13,14). The lowest BCUT2D eigenvalue weighted by molar-refractivity contribution is -0.137. The first-order valence-corrected chi connectivity index (χ1v) is 7.13. The van der Waals surface area contributed by atoms with Crippen LogP contribution in [0.3, 0.4) is 0 Å². The summed E-state index contributed by atoms with van der Waals surface area (Å²) in [6.45, 7) is 4.14. The van der Waals surface area contributed by atoms with Crippen LogP contribution in [0.25, 0.3) is 0 Å². The van der Waals surface area contributed by atoms with Crippen LogP contribution >= 0.6 is 0 Å². The molecule has 0 aromatic rings. The second kappa shape index (κ2) is 8.05. The Kier molecular flexibility index (Phi) is 7.53. The fourth-order valence-corrected chi connectivity index (χ4v) is 1.60. The monoisotopic (exact) mass is 264 g/mol. The number of hydrogen-bond acceptors (Lipinski definition) is 3. The Morgan fingerprint density at radius 1 is 1.41 bits per heavy atom. The number of nitrogens with zero attached hydrogens (tertiary/aromatic N) is 1. The predicted molar refractivity (Wildman–Crippen MR) is 66.4 cm³/mol. The van der Waals surface area contributed by atoms with E-state index in [1.54, 1.807) is 6.26 Å². The van der Waals surface area contributed by atoms with Gasteiger partial charge in [0, 0.05) is 41.9 Å². The van der Waals surface area contributed by atoms with E-state index in [-0.39, 0.29) is 25.0 Å². The van der Waals surface area contributed by atoms with Gasteiger partial charge in [-0.2, -0.15) is 0 Å². The van der Waals surface area contributed by atoms with Gasteiger partial charge in [-0.25, -0.2) is 4.79 Å². The van der Waals surface area contributed by atoms with Crippen molar-refractivity contribution in [3.63, 3.8) is 0 Å². The Balaban J connectivity index is 4.15. The molecule has 17 heavy (non-hydrogen) atoms. The summed E-state index contributed by atoms with van der Waals surface area (Å²) in [6.07, 6.45) is 1.49. The fourth-order valence-electron chi connectivity index (χ4n) is 1.21. The largest absolute Gasteiger partial charge is 0.481 e. The normalized spacial score (nSPS) is 12.2. The van der Waals surface area contributed by atoms with E-state index in [0.717, 1.165) is 0 Å². The summed E-state index contributed by atoms with van der Waals surface area (Å²) >= 11 is 0. The van der Waals surface area contributed by atoms with Gasteiger partial charge in [-0.3, -0.25) is 9.00 Å². The second-order valence-electron chi connectivity index (χ2n) is 3.94. The molecule has 0 heterocycles. The zero-order valence-electron chi connectivity index (χ0n) is 10.4. The van der Waals surface area contributed by atoms with Gasteiger partial charge in [-0.1, -0.05) is 0 Å². The molecule has 2 amide bonds. The summed E-state index contributed by atoms with van der Waals surface area (Å²) in [4.78, 5) is 23.6. The van der Waals surface area contributed by atoms with Gasteiger partial charge < -0.3 is 15.3 Å². The topological polar surface area (TPSA) is 86.7 Å². The average molecular weight is 264 g/mol. The van der Waals surface area contributed by atoms with E-state index in [0.29, 0.717) is 12.3 Å². The van der Waals surface area contributed by atoms with Gasteiger partial charge in [0.2, 0.25) is 0 Å². The minimum atomic E-state index is -0.944. The predicted octanol–water partition coefficient (Wildman–Crippen LogP) is 0.260. The first-order chi connectivity index (χ1) is 7.84. The Morgan fingerprint density at radius 2 is 2.00 bits per heavy atom. The molecule has 0 aliphatic rings. The van der Waals surface area contributed by atoms with Crippen molar-refractivity contribution in [2.24, 2.45) is 0 Å². The first-order valence-electron chi connectivity index (χ1n) is 5.41. The number of aliphatic carboxylic acids is 1. The van der Waals surface area contributed by atoms with Crippen LogP contribution in [0.15, 0.2) is 0 Å². The van der Waals surface area contributed by atoms with E-state index in [9.17, 15) is 13.8 Å². The number of carboxylic acids is 1. The van der Waals surface area contributed by atoms with Crippen LogP contribution in [0.1, 0.15) is 20.3 Å². The molecule has 0 aliphatic carbocycles.